The Labute approximate surface area is 126 Å². The Balaban J connectivity index is 1.43. The van der Waals surface area contributed by atoms with Crippen LogP contribution in [0.25, 0.3) is 6.08 Å². The Bertz CT molecular complexity index is 570. The van der Waals surface area contributed by atoms with Gasteiger partial charge in [-0.2, -0.15) is 0 Å². The van der Waals surface area contributed by atoms with Crippen molar-refractivity contribution >= 4 is 6.08 Å². The van der Waals surface area contributed by atoms with E-state index in [1.807, 2.05) is 36.4 Å². The van der Waals surface area contributed by atoms with Gasteiger partial charge in [0.15, 0.2) is 0 Å². The van der Waals surface area contributed by atoms with Crippen LogP contribution in [0.1, 0.15) is 24.0 Å². The van der Waals surface area contributed by atoms with Crippen LogP contribution in [0.3, 0.4) is 0 Å². The van der Waals surface area contributed by atoms with Gasteiger partial charge in [-0.25, -0.2) is 0 Å². The predicted octanol–water partition coefficient (Wildman–Crippen LogP) is 4.03. The molecule has 2 aromatic carbocycles. The monoisotopic (exact) mass is 279 g/mol. The highest BCUT2D eigenvalue weighted by molar-refractivity contribution is 5.48. The van der Waals surface area contributed by atoms with Gasteiger partial charge >= 0.3 is 0 Å². The van der Waals surface area contributed by atoms with E-state index in [4.69, 9.17) is 4.74 Å². The van der Waals surface area contributed by atoms with Crippen molar-refractivity contribution in [2.45, 2.75) is 25.4 Å². The molecule has 0 aliphatic heterocycles. The van der Waals surface area contributed by atoms with E-state index in [0.717, 1.165) is 18.3 Å². The van der Waals surface area contributed by atoms with E-state index < -0.39 is 0 Å². The van der Waals surface area contributed by atoms with Crippen molar-refractivity contribution in [1.82, 2.24) is 5.32 Å². The maximum atomic E-state index is 5.71. The van der Waals surface area contributed by atoms with Gasteiger partial charge in [0.25, 0.3) is 0 Å². The standard InChI is InChI=1S/C19H21NO/c1-2-5-16(6-3-1)7-4-14-21-19-12-8-17(9-13-19)15-20-18-10-11-18/h1-9,12-13,18,20H,10-11,14-15H2/b7-4+. The summed E-state index contributed by atoms with van der Waals surface area (Å²) in [6.07, 6.45) is 6.77. The summed E-state index contributed by atoms with van der Waals surface area (Å²) in [7, 11) is 0. The molecule has 0 heterocycles. The Morgan fingerprint density at radius 3 is 2.48 bits per heavy atom. The average molecular weight is 279 g/mol. The van der Waals surface area contributed by atoms with E-state index in [1.165, 1.54) is 24.0 Å². The molecule has 1 aliphatic carbocycles. The van der Waals surface area contributed by atoms with Crippen LogP contribution in [0.4, 0.5) is 0 Å². The first-order valence-electron chi connectivity index (χ1n) is 7.57. The van der Waals surface area contributed by atoms with Gasteiger partial charge in [-0.1, -0.05) is 48.5 Å². The number of benzene rings is 2. The molecule has 0 atom stereocenters. The number of hydrogen-bond donors (Lipinski definition) is 1. The summed E-state index contributed by atoms with van der Waals surface area (Å²) >= 11 is 0. The van der Waals surface area contributed by atoms with E-state index in [0.29, 0.717) is 6.61 Å². The fourth-order valence-electron chi connectivity index (χ4n) is 2.15. The maximum absolute atomic E-state index is 5.71. The molecule has 2 aromatic rings. The fraction of sp³-hybridized carbons (Fsp3) is 0.263. The van der Waals surface area contributed by atoms with E-state index in [1.54, 1.807) is 0 Å². The molecule has 1 saturated carbocycles. The third kappa shape index (κ3) is 4.76. The molecule has 2 heteroatoms. The smallest absolute Gasteiger partial charge is 0.119 e. The van der Waals surface area contributed by atoms with Gasteiger partial charge in [-0.05, 0) is 42.2 Å². The minimum atomic E-state index is 0.592. The fourth-order valence-corrected chi connectivity index (χ4v) is 2.15. The first-order chi connectivity index (χ1) is 10.4. The van der Waals surface area contributed by atoms with Crippen LogP contribution in [0.5, 0.6) is 5.75 Å². The predicted molar refractivity (Wildman–Crippen MR) is 87.3 cm³/mol. The quantitative estimate of drug-likeness (QED) is 0.826. The Morgan fingerprint density at radius 2 is 1.76 bits per heavy atom. The van der Waals surface area contributed by atoms with Crippen LogP contribution >= 0.6 is 0 Å². The van der Waals surface area contributed by atoms with Crippen LogP contribution in [-0.2, 0) is 6.54 Å². The highest BCUT2D eigenvalue weighted by Gasteiger charge is 2.19. The van der Waals surface area contributed by atoms with Crippen molar-refractivity contribution in [3.05, 3.63) is 71.8 Å². The minimum Gasteiger partial charge on any atom is -0.490 e. The van der Waals surface area contributed by atoms with Gasteiger partial charge < -0.3 is 10.1 Å². The number of ether oxygens (including phenoxy) is 1. The van der Waals surface area contributed by atoms with E-state index in [2.05, 4.69) is 35.7 Å². The second kappa shape index (κ2) is 7.09. The molecule has 1 aliphatic rings. The van der Waals surface area contributed by atoms with Crippen LogP contribution in [0, 0.1) is 0 Å². The van der Waals surface area contributed by atoms with Crippen LogP contribution < -0.4 is 10.1 Å². The molecule has 2 nitrogen and oxygen atoms in total. The van der Waals surface area contributed by atoms with Crippen molar-refractivity contribution in [3.8, 4) is 5.75 Å². The molecule has 3 rings (SSSR count). The highest BCUT2D eigenvalue weighted by Crippen LogP contribution is 2.20. The first kappa shape index (κ1) is 13.9. The van der Waals surface area contributed by atoms with Crippen molar-refractivity contribution in [2.24, 2.45) is 0 Å². The van der Waals surface area contributed by atoms with Crippen LogP contribution in [-0.4, -0.2) is 12.6 Å². The summed E-state index contributed by atoms with van der Waals surface area (Å²) in [5.41, 5.74) is 2.51. The second-order valence-electron chi connectivity index (χ2n) is 5.42. The van der Waals surface area contributed by atoms with Gasteiger partial charge in [-0.3, -0.25) is 0 Å². The Hall–Kier alpha value is -2.06. The zero-order valence-corrected chi connectivity index (χ0v) is 12.2. The summed E-state index contributed by atoms with van der Waals surface area (Å²) in [4.78, 5) is 0. The van der Waals surface area contributed by atoms with Crippen molar-refractivity contribution in [3.63, 3.8) is 0 Å². The van der Waals surface area contributed by atoms with Gasteiger partial charge in [0.05, 0.1) is 0 Å². The lowest BCUT2D eigenvalue weighted by atomic mass is 10.2. The van der Waals surface area contributed by atoms with Crippen LogP contribution in [0.2, 0.25) is 0 Å². The lowest BCUT2D eigenvalue weighted by Crippen LogP contribution is -2.15. The molecule has 0 aromatic heterocycles. The summed E-state index contributed by atoms with van der Waals surface area (Å²) in [6.45, 7) is 1.55. The van der Waals surface area contributed by atoms with Crippen molar-refractivity contribution in [1.29, 1.82) is 0 Å². The molecule has 0 radical (unpaired) electrons. The molecule has 0 amide bonds. The maximum Gasteiger partial charge on any atom is 0.119 e. The molecule has 21 heavy (non-hydrogen) atoms. The van der Waals surface area contributed by atoms with Gasteiger partial charge in [-0.15, -0.1) is 0 Å². The van der Waals surface area contributed by atoms with E-state index >= 15 is 0 Å². The molecule has 0 saturated heterocycles. The SMILES string of the molecule is C(=C\c1ccccc1)/COc1ccc(CNC2CC2)cc1. The molecule has 108 valence electrons. The third-order valence-electron chi connectivity index (χ3n) is 3.55. The van der Waals surface area contributed by atoms with Crippen molar-refractivity contribution < 1.29 is 4.74 Å². The Morgan fingerprint density at radius 1 is 1.00 bits per heavy atom. The molecule has 1 fully saturated rings. The topological polar surface area (TPSA) is 21.3 Å². The van der Waals surface area contributed by atoms with Gasteiger partial charge in [0.1, 0.15) is 12.4 Å². The van der Waals surface area contributed by atoms with Gasteiger partial charge in [0, 0.05) is 12.6 Å². The zero-order valence-electron chi connectivity index (χ0n) is 12.2. The number of nitrogens with one attached hydrogen (secondary N) is 1. The molecule has 0 bridgehead atoms. The largest absolute Gasteiger partial charge is 0.490 e. The zero-order chi connectivity index (χ0) is 14.3. The summed E-state index contributed by atoms with van der Waals surface area (Å²) in [5, 5.41) is 3.51. The van der Waals surface area contributed by atoms with Crippen LogP contribution in [0.15, 0.2) is 60.7 Å². The minimum absolute atomic E-state index is 0.592. The van der Waals surface area contributed by atoms with Gasteiger partial charge in [0.2, 0.25) is 0 Å². The molecule has 0 unspecified atom stereocenters. The number of rotatable bonds is 7. The summed E-state index contributed by atoms with van der Waals surface area (Å²) < 4.78 is 5.71. The average Bonchev–Trinajstić information content (AvgIpc) is 3.36. The Kier molecular flexibility index (Phi) is 4.70. The summed E-state index contributed by atoms with van der Waals surface area (Å²) in [5.74, 6) is 0.919. The first-order valence-corrected chi connectivity index (χ1v) is 7.57. The highest BCUT2D eigenvalue weighted by atomic mass is 16.5. The number of hydrogen-bond acceptors (Lipinski definition) is 2. The molecule has 1 N–H and O–H groups in total. The molecule has 0 spiro atoms. The van der Waals surface area contributed by atoms with E-state index in [-0.39, 0.29) is 0 Å². The second-order valence-corrected chi connectivity index (χ2v) is 5.42. The van der Waals surface area contributed by atoms with E-state index in [9.17, 15) is 0 Å². The molecular formula is C19H21NO. The molecular weight excluding hydrogens is 258 g/mol. The lowest BCUT2D eigenvalue weighted by molar-refractivity contribution is 0.363. The summed E-state index contributed by atoms with van der Waals surface area (Å²) in [6, 6.07) is 19.4. The lowest BCUT2D eigenvalue weighted by Gasteiger charge is -2.06. The van der Waals surface area contributed by atoms with Crippen molar-refractivity contribution in [2.75, 3.05) is 6.61 Å². The third-order valence-corrected chi connectivity index (χ3v) is 3.55. The normalized spacial score (nSPS) is 14.5.